The minimum absolute atomic E-state index is 0.0915. The zero-order valence-electron chi connectivity index (χ0n) is 11.1. The summed E-state index contributed by atoms with van der Waals surface area (Å²) in [5.41, 5.74) is 5.99. The lowest BCUT2D eigenvalue weighted by Gasteiger charge is -2.16. The summed E-state index contributed by atoms with van der Waals surface area (Å²) in [5, 5.41) is 6.28. The summed E-state index contributed by atoms with van der Waals surface area (Å²) in [6.07, 6.45) is 1.32. The summed E-state index contributed by atoms with van der Waals surface area (Å²) in [4.78, 5) is 3.99. The van der Waals surface area contributed by atoms with E-state index in [1.165, 1.54) is 38.7 Å². The Bertz CT molecular complexity index is 684. The zero-order valence-corrected chi connectivity index (χ0v) is 11.9. The molecule has 20 heavy (non-hydrogen) atoms. The van der Waals surface area contributed by atoms with E-state index >= 15 is 0 Å². The number of nitrogens with zero attached hydrogens (tertiary/aromatic N) is 3. The highest BCUT2D eigenvalue weighted by molar-refractivity contribution is 7.89. The van der Waals surface area contributed by atoms with Crippen molar-refractivity contribution in [3.63, 3.8) is 0 Å². The van der Waals surface area contributed by atoms with Gasteiger partial charge in [0.05, 0.1) is 24.2 Å². The van der Waals surface area contributed by atoms with Gasteiger partial charge in [0.2, 0.25) is 10.0 Å². The van der Waals surface area contributed by atoms with Crippen LogP contribution in [0, 0.1) is 0 Å². The molecule has 0 amide bonds. The van der Waals surface area contributed by atoms with Crippen LogP contribution in [0.1, 0.15) is 5.82 Å². The Morgan fingerprint density at radius 3 is 2.75 bits per heavy atom. The van der Waals surface area contributed by atoms with E-state index in [1.54, 1.807) is 0 Å². The van der Waals surface area contributed by atoms with Crippen LogP contribution in [0.4, 0.5) is 5.69 Å². The van der Waals surface area contributed by atoms with Crippen molar-refractivity contribution < 1.29 is 13.2 Å². The minimum Gasteiger partial charge on any atom is -0.495 e. The maximum absolute atomic E-state index is 12.4. The summed E-state index contributed by atoms with van der Waals surface area (Å²) in [6.45, 7) is 0.0915. The van der Waals surface area contributed by atoms with Gasteiger partial charge in [-0.3, -0.25) is 5.10 Å². The standard InChI is InChI=1S/C11H15N5O3S/c1-16(6-11-13-7-14-15-11)20(17,18)8-3-4-10(19-2)9(12)5-8/h3-5,7H,6,12H2,1-2H3,(H,13,14,15). The first-order chi connectivity index (χ1) is 9.45. The lowest BCUT2D eigenvalue weighted by atomic mass is 10.3. The number of hydrogen-bond donors (Lipinski definition) is 2. The molecule has 0 radical (unpaired) electrons. The molecule has 0 saturated heterocycles. The molecule has 0 aliphatic rings. The van der Waals surface area contributed by atoms with Crippen molar-refractivity contribution in [1.82, 2.24) is 19.5 Å². The fraction of sp³-hybridized carbons (Fsp3) is 0.273. The highest BCUT2D eigenvalue weighted by Crippen LogP contribution is 2.26. The van der Waals surface area contributed by atoms with Gasteiger partial charge < -0.3 is 10.5 Å². The van der Waals surface area contributed by atoms with E-state index in [0.29, 0.717) is 11.6 Å². The van der Waals surface area contributed by atoms with Gasteiger partial charge in [-0.05, 0) is 18.2 Å². The molecule has 0 atom stereocenters. The van der Waals surface area contributed by atoms with Gasteiger partial charge in [0.15, 0.2) is 0 Å². The fourth-order valence-electron chi connectivity index (χ4n) is 1.66. The normalized spacial score (nSPS) is 11.8. The Morgan fingerprint density at radius 2 is 2.20 bits per heavy atom. The SMILES string of the molecule is COc1ccc(S(=O)(=O)N(C)Cc2ncn[nH]2)cc1N. The smallest absolute Gasteiger partial charge is 0.243 e. The van der Waals surface area contributed by atoms with Crippen LogP contribution in [0.3, 0.4) is 0 Å². The number of nitrogen functional groups attached to an aromatic ring is 1. The number of methoxy groups -OCH3 is 1. The van der Waals surface area contributed by atoms with E-state index in [4.69, 9.17) is 10.5 Å². The van der Waals surface area contributed by atoms with E-state index in [-0.39, 0.29) is 17.1 Å². The predicted molar refractivity (Wildman–Crippen MR) is 72.4 cm³/mol. The second-order valence-electron chi connectivity index (χ2n) is 4.10. The fourth-order valence-corrected chi connectivity index (χ4v) is 2.82. The van der Waals surface area contributed by atoms with E-state index < -0.39 is 10.0 Å². The first-order valence-electron chi connectivity index (χ1n) is 5.69. The molecular formula is C11H15N5O3S. The van der Waals surface area contributed by atoms with Crippen LogP contribution < -0.4 is 10.5 Å². The van der Waals surface area contributed by atoms with Crippen LogP contribution in [0.15, 0.2) is 29.4 Å². The van der Waals surface area contributed by atoms with Crippen molar-refractivity contribution in [2.45, 2.75) is 11.4 Å². The minimum atomic E-state index is -3.65. The molecule has 0 spiro atoms. The molecule has 2 rings (SSSR count). The summed E-state index contributed by atoms with van der Waals surface area (Å²) in [7, 11) is -0.728. The first-order valence-corrected chi connectivity index (χ1v) is 7.13. The van der Waals surface area contributed by atoms with Crippen molar-refractivity contribution in [3.8, 4) is 5.75 Å². The van der Waals surface area contributed by atoms with Crippen molar-refractivity contribution in [2.24, 2.45) is 0 Å². The van der Waals surface area contributed by atoms with Gasteiger partial charge in [0, 0.05) is 7.05 Å². The molecule has 1 aromatic carbocycles. The first kappa shape index (κ1) is 14.3. The van der Waals surface area contributed by atoms with E-state index in [0.717, 1.165) is 4.31 Å². The maximum Gasteiger partial charge on any atom is 0.243 e. The number of aromatic amines is 1. The number of sulfonamides is 1. The lowest BCUT2D eigenvalue weighted by molar-refractivity contribution is 0.416. The van der Waals surface area contributed by atoms with Gasteiger partial charge in [-0.2, -0.15) is 9.40 Å². The van der Waals surface area contributed by atoms with Gasteiger partial charge in [0.25, 0.3) is 0 Å². The van der Waals surface area contributed by atoms with Gasteiger partial charge >= 0.3 is 0 Å². The monoisotopic (exact) mass is 297 g/mol. The predicted octanol–water partition coefficient (Wildman–Crippen LogP) is 0.216. The van der Waals surface area contributed by atoms with E-state index in [2.05, 4.69) is 15.2 Å². The number of H-pyrrole nitrogens is 1. The molecule has 9 heteroatoms. The number of nitrogens with one attached hydrogen (secondary N) is 1. The Kier molecular flexibility index (Phi) is 3.91. The zero-order chi connectivity index (χ0) is 14.8. The molecule has 1 heterocycles. The van der Waals surface area contributed by atoms with Crippen LogP contribution >= 0.6 is 0 Å². The molecule has 0 aliphatic carbocycles. The summed E-state index contributed by atoms with van der Waals surface area (Å²) in [5.74, 6) is 0.888. The van der Waals surface area contributed by atoms with Crippen molar-refractivity contribution in [3.05, 3.63) is 30.4 Å². The quantitative estimate of drug-likeness (QED) is 0.763. The number of hydrogen-bond acceptors (Lipinski definition) is 6. The van der Waals surface area contributed by atoms with E-state index in [1.807, 2.05) is 0 Å². The largest absolute Gasteiger partial charge is 0.495 e. The van der Waals surface area contributed by atoms with E-state index in [9.17, 15) is 8.42 Å². The molecule has 1 aromatic heterocycles. The highest BCUT2D eigenvalue weighted by Gasteiger charge is 2.22. The maximum atomic E-state index is 12.4. The molecule has 3 N–H and O–H groups in total. The van der Waals surface area contributed by atoms with Gasteiger partial charge in [-0.25, -0.2) is 13.4 Å². The number of ether oxygens (including phenoxy) is 1. The number of anilines is 1. The Hall–Kier alpha value is -2.13. The molecule has 0 unspecified atom stereocenters. The molecule has 0 saturated carbocycles. The Labute approximate surface area is 116 Å². The topological polar surface area (TPSA) is 114 Å². The third-order valence-electron chi connectivity index (χ3n) is 2.75. The summed E-state index contributed by atoms with van der Waals surface area (Å²) < 4.78 is 30.9. The third kappa shape index (κ3) is 2.73. The van der Waals surface area contributed by atoms with Gasteiger partial charge in [0.1, 0.15) is 17.9 Å². The highest BCUT2D eigenvalue weighted by atomic mass is 32.2. The lowest BCUT2D eigenvalue weighted by Crippen LogP contribution is -2.27. The Morgan fingerprint density at radius 1 is 1.45 bits per heavy atom. The van der Waals surface area contributed by atoms with Crippen LogP contribution in [0.2, 0.25) is 0 Å². The van der Waals surface area contributed by atoms with Crippen molar-refractivity contribution >= 4 is 15.7 Å². The van der Waals surface area contributed by atoms with Crippen LogP contribution in [0.25, 0.3) is 0 Å². The number of rotatable bonds is 5. The molecule has 0 bridgehead atoms. The Balaban J connectivity index is 2.27. The second-order valence-corrected chi connectivity index (χ2v) is 6.14. The molecular weight excluding hydrogens is 282 g/mol. The number of aromatic nitrogens is 3. The van der Waals surface area contributed by atoms with Crippen LogP contribution in [0.5, 0.6) is 5.75 Å². The molecule has 0 aliphatic heterocycles. The number of benzene rings is 1. The van der Waals surface area contributed by atoms with Gasteiger partial charge in [-0.1, -0.05) is 0 Å². The number of nitrogens with two attached hydrogens (primary N) is 1. The average Bonchev–Trinajstić information content (AvgIpc) is 2.91. The van der Waals surface area contributed by atoms with Crippen LogP contribution in [-0.4, -0.2) is 42.1 Å². The molecule has 108 valence electrons. The van der Waals surface area contributed by atoms with Crippen molar-refractivity contribution in [1.29, 1.82) is 0 Å². The second kappa shape index (κ2) is 5.47. The third-order valence-corrected chi connectivity index (χ3v) is 4.55. The molecule has 8 nitrogen and oxygen atoms in total. The summed E-state index contributed by atoms with van der Waals surface area (Å²) >= 11 is 0. The summed E-state index contributed by atoms with van der Waals surface area (Å²) in [6, 6.07) is 4.33. The molecule has 0 fully saturated rings. The van der Waals surface area contributed by atoms with Gasteiger partial charge in [-0.15, -0.1) is 0 Å². The average molecular weight is 297 g/mol. The molecule has 2 aromatic rings. The van der Waals surface area contributed by atoms with Crippen LogP contribution in [-0.2, 0) is 16.6 Å². The van der Waals surface area contributed by atoms with Crippen molar-refractivity contribution in [2.75, 3.05) is 19.9 Å².